The lowest BCUT2D eigenvalue weighted by Gasteiger charge is -2.36. The van der Waals surface area contributed by atoms with Gasteiger partial charge in [0.2, 0.25) is 0 Å². The molecule has 2 amide bonds. The first-order chi connectivity index (χ1) is 21.1. The van der Waals surface area contributed by atoms with Crippen molar-refractivity contribution in [3.63, 3.8) is 0 Å². The number of hydrogen-bond donors (Lipinski definition) is 2. The number of aliphatic hydroxyl groups excluding tert-OH is 2. The molecular formula is C35H33NO6S. The minimum Gasteiger partial charge on any atom is -0.396 e. The van der Waals surface area contributed by atoms with Gasteiger partial charge in [-0.3, -0.25) is 14.5 Å². The number of thioether (sulfide) groups is 1. The van der Waals surface area contributed by atoms with Crippen molar-refractivity contribution < 1.29 is 29.3 Å². The Morgan fingerprint density at radius 3 is 2.02 bits per heavy atom. The van der Waals surface area contributed by atoms with Crippen LogP contribution in [-0.2, 0) is 22.6 Å². The number of imide groups is 1. The Bertz CT molecular complexity index is 1550. The third kappa shape index (κ3) is 6.30. The number of aliphatic hydroxyl groups is 2. The first kappa shape index (κ1) is 29.3. The number of rotatable bonds is 10. The van der Waals surface area contributed by atoms with Gasteiger partial charge in [-0.15, -0.1) is 0 Å². The molecule has 2 aliphatic heterocycles. The molecule has 1 saturated heterocycles. The standard InChI is InChI=1S/C35H33NO6S/c37-17-18-43-22-28-19-32(25-11-9-23(21-38)10-12-25)42-35(41-28)26-15-13-24(14-16-26)29-6-2-1-5-27(29)20-36-33(39)30-7-3-4-8-31(30)34(36)40/h1-16,28,32,35,37-38H,17-22H2/t28-,32+,35+/m1/s1. The number of fused-ring (bicyclic) bond motifs is 1. The highest BCUT2D eigenvalue weighted by atomic mass is 32.2. The summed E-state index contributed by atoms with van der Waals surface area (Å²) in [6, 6.07) is 30.6. The maximum Gasteiger partial charge on any atom is 0.261 e. The molecule has 220 valence electrons. The van der Waals surface area contributed by atoms with Gasteiger partial charge < -0.3 is 19.7 Å². The molecule has 0 spiro atoms. The van der Waals surface area contributed by atoms with Crippen LogP contribution in [0.4, 0.5) is 0 Å². The van der Waals surface area contributed by atoms with E-state index in [9.17, 15) is 19.8 Å². The van der Waals surface area contributed by atoms with Gasteiger partial charge in [0.05, 0.1) is 43.1 Å². The van der Waals surface area contributed by atoms with Gasteiger partial charge in [0, 0.05) is 23.5 Å². The van der Waals surface area contributed by atoms with E-state index in [1.165, 1.54) is 4.90 Å². The minimum atomic E-state index is -0.571. The van der Waals surface area contributed by atoms with Crippen LogP contribution in [0.2, 0.25) is 0 Å². The van der Waals surface area contributed by atoms with E-state index >= 15 is 0 Å². The molecule has 7 nitrogen and oxygen atoms in total. The Hall–Kier alpha value is -3.79. The first-order valence-corrected chi connectivity index (χ1v) is 15.5. The predicted octanol–water partition coefficient (Wildman–Crippen LogP) is 5.91. The zero-order chi connectivity index (χ0) is 29.8. The average Bonchev–Trinajstić information content (AvgIpc) is 3.30. The SMILES string of the molecule is O=C1c2ccccc2C(=O)N1Cc1ccccc1-c1ccc([C@H]2O[C@@H](CSCCO)C[C@@H](c3ccc(CO)cc3)O2)cc1. The normalized spacial score (nSPS) is 20.0. The third-order valence-corrected chi connectivity index (χ3v) is 8.95. The van der Waals surface area contributed by atoms with Crippen molar-refractivity contribution >= 4 is 23.6 Å². The Morgan fingerprint density at radius 2 is 1.37 bits per heavy atom. The summed E-state index contributed by atoms with van der Waals surface area (Å²) < 4.78 is 12.8. The Morgan fingerprint density at radius 1 is 0.744 bits per heavy atom. The number of hydrogen-bond acceptors (Lipinski definition) is 7. The van der Waals surface area contributed by atoms with Gasteiger partial charge in [-0.2, -0.15) is 11.8 Å². The second kappa shape index (κ2) is 13.2. The van der Waals surface area contributed by atoms with E-state index in [2.05, 4.69) is 0 Å². The Balaban J connectivity index is 1.22. The fourth-order valence-corrected chi connectivity index (χ4v) is 6.39. The lowest BCUT2D eigenvalue weighted by Crippen LogP contribution is -2.31. The molecule has 0 saturated carbocycles. The molecule has 0 aromatic heterocycles. The molecule has 2 N–H and O–H groups in total. The van der Waals surface area contributed by atoms with E-state index in [1.54, 1.807) is 36.0 Å². The van der Waals surface area contributed by atoms with Gasteiger partial charge in [0.15, 0.2) is 6.29 Å². The van der Waals surface area contributed by atoms with Gasteiger partial charge in [0.1, 0.15) is 0 Å². The van der Waals surface area contributed by atoms with Crippen LogP contribution in [0.15, 0.2) is 97.1 Å². The number of carbonyl (C=O) groups excluding carboxylic acids is 2. The van der Waals surface area contributed by atoms with Crippen molar-refractivity contribution in [2.45, 2.75) is 38.1 Å². The van der Waals surface area contributed by atoms with Crippen molar-refractivity contribution in [2.75, 3.05) is 18.1 Å². The number of amides is 2. The molecule has 3 atom stereocenters. The van der Waals surface area contributed by atoms with Crippen molar-refractivity contribution in [3.05, 3.63) is 130 Å². The maximum absolute atomic E-state index is 13.0. The summed E-state index contributed by atoms with van der Waals surface area (Å²) in [6.07, 6.45) is -0.112. The Kier molecular flexibility index (Phi) is 9.02. The van der Waals surface area contributed by atoms with E-state index in [0.717, 1.165) is 39.1 Å². The van der Waals surface area contributed by atoms with Crippen LogP contribution in [0.3, 0.4) is 0 Å². The summed E-state index contributed by atoms with van der Waals surface area (Å²) in [5.41, 5.74) is 6.42. The maximum atomic E-state index is 13.0. The van der Waals surface area contributed by atoms with E-state index in [4.69, 9.17) is 9.47 Å². The highest BCUT2D eigenvalue weighted by molar-refractivity contribution is 7.99. The number of benzene rings is 4. The van der Waals surface area contributed by atoms with Crippen LogP contribution < -0.4 is 0 Å². The molecule has 4 aromatic carbocycles. The number of nitrogens with zero attached hydrogens (tertiary/aromatic N) is 1. The quantitative estimate of drug-likeness (QED) is 0.174. The van der Waals surface area contributed by atoms with Crippen molar-refractivity contribution in [3.8, 4) is 11.1 Å². The smallest absolute Gasteiger partial charge is 0.261 e. The molecule has 1 fully saturated rings. The van der Waals surface area contributed by atoms with Crippen LogP contribution in [0.1, 0.15) is 61.8 Å². The van der Waals surface area contributed by atoms with E-state index in [-0.39, 0.29) is 43.8 Å². The second-order valence-electron chi connectivity index (χ2n) is 10.7. The molecule has 0 aliphatic carbocycles. The predicted molar refractivity (Wildman–Crippen MR) is 165 cm³/mol. The van der Waals surface area contributed by atoms with Crippen molar-refractivity contribution in [1.82, 2.24) is 4.90 Å². The zero-order valence-electron chi connectivity index (χ0n) is 23.6. The fraction of sp³-hybridized carbons (Fsp3) is 0.257. The lowest BCUT2D eigenvalue weighted by atomic mass is 9.97. The number of carbonyl (C=O) groups is 2. The van der Waals surface area contributed by atoms with Crippen LogP contribution in [0.5, 0.6) is 0 Å². The molecule has 43 heavy (non-hydrogen) atoms. The van der Waals surface area contributed by atoms with Crippen LogP contribution in [0, 0.1) is 0 Å². The fourth-order valence-electron chi connectivity index (χ4n) is 5.61. The minimum absolute atomic E-state index is 0.00820. The summed E-state index contributed by atoms with van der Waals surface area (Å²) >= 11 is 1.66. The largest absolute Gasteiger partial charge is 0.396 e. The molecule has 8 heteroatoms. The highest BCUT2D eigenvalue weighted by Gasteiger charge is 2.35. The number of ether oxygens (including phenoxy) is 2. The zero-order valence-corrected chi connectivity index (χ0v) is 24.4. The van der Waals surface area contributed by atoms with Crippen LogP contribution in [0.25, 0.3) is 11.1 Å². The molecule has 2 heterocycles. The molecule has 0 radical (unpaired) electrons. The van der Waals surface area contributed by atoms with Crippen molar-refractivity contribution in [1.29, 1.82) is 0 Å². The second-order valence-corrected chi connectivity index (χ2v) is 11.8. The average molecular weight is 596 g/mol. The van der Waals surface area contributed by atoms with Crippen LogP contribution in [-0.4, -0.2) is 51.1 Å². The molecule has 0 unspecified atom stereocenters. The van der Waals surface area contributed by atoms with Crippen LogP contribution >= 0.6 is 11.8 Å². The molecular weight excluding hydrogens is 562 g/mol. The molecule has 4 aromatic rings. The topological polar surface area (TPSA) is 96.3 Å². The van der Waals surface area contributed by atoms with Crippen molar-refractivity contribution in [2.24, 2.45) is 0 Å². The summed E-state index contributed by atoms with van der Waals surface area (Å²) in [4.78, 5) is 27.3. The summed E-state index contributed by atoms with van der Waals surface area (Å²) in [7, 11) is 0. The van der Waals surface area contributed by atoms with Gasteiger partial charge in [-0.05, 0) is 39.9 Å². The highest BCUT2D eigenvalue weighted by Crippen LogP contribution is 2.39. The van der Waals surface area contributed by atoms with Gasteiger partial charge in [-0.1, -0.05) is 84.9 Å². The monoisotopic (exact) mass is 595 g/mol. The molecule has 6 rings (SSSR count). The first-order valence-electron chi connectivity index (χ1n) is 14.4. The molecule has 2 aliphatic rings. The molecule has 0 bridgehead atoms. The lowest BCUT2D eigenvalue weighted by molar-refractivity contribution is -0.245. The van der Waals surface area contributed by atoms with E-state index in [1.807, 2.05) is 72.8 Å². The summed E-state index contributed by atoms with van der Waals surface area (Å²) in [5, 5.41) is 18.7. The Labute approximate surface area is 255 Å². The van der Waals surface area contributed by atoms with E-state index < -0.39 is 6.29 Å². The third-order valence-electron chi connectivity index (χ3n) is 7.87. The van der Waals surface area contributed by atoms with Gasteiger partial charge >= 0.3 is 0 Å². The van der Waals surface area contributed by atoms with Gasteiger partial charge in [0.25, 0.3) is 11.8 Å². The summed E-state index contributed by atoms with van der Waals surface area (Å²) in [5.74, 6) is 0.847. The van der Waals surface area contributed by atoms with E-state index in [0.29, 0.717) is 23.3 Å². The van der Waals surface area contributed by atoms with Gasteiger partial charge in [-0.25, -0.2) is 0 Å². The summed E-state index contributed by atoms with van der Waals surface area (Å²) in [6.45, 7) is 0.300.